The lowest BCUT2D eigenvalue weighted by atomic mass is 10.2. The van der Waals surface area contributed by atoms with Crippen LogP contribution in [0.25, 0.3) is 0 Å². The van der Waals surface area contributed by atoms with Crippen LogP contribution in [0.3, 0.4) is 0 Å². The quantitative estimate of drug-likeness (QED) is 0.634. The van der Waals surface area contributed by atoms with Gasteiger partial charge in [-0.3, -0.25) is 9.69 Å². The summed E-state index contributed by atoms with van der Waals surface area (Å²) in [5.41, 5.74) is 1.13. The molecule has 0 aliphatic carbocycles. The van der Waals surface area contributed by atoms with Crippen molar-refractivity contribution in [2.45, 2.75) is 6.92 Å². The SMILES string of the molecule is Cc1cccc(OCCNC(=O)CN2CCN(S(=O)(=O)N(C)C)CC2)c1. The number of nitrogens with one attached hydrogen (secondary N) is 1. The van der Waals surface area contributed by atoms with Gasteiger partial charge in [0.2, 0.25) is 5.91 Å². The minimum atomic E-state index is -3.38. The van der Waals surface area contributed by atoms with Crippen molar-refractivity contribution in [3.8, 4) is 5.75 Å². The van der Waals surface area contributed by atoms with Crippen LogP contribution in [0.5, 0.6) is 5.75 Å². The summed E-state index contributed by atoms with van der Waals surface area (Å²) in [6.45, 7) is 4.97. The number of amides is 1. The van der Waals surface area contributed by atoms with Crippen LogP contribution in [0.15, 0.2) is 24.3 Å². The van der Waals surface area contributed by atoms with Gasteiger partial charge in [-0.05, 0) is 24.6 Å². The van der Waals surface area contributed by atoms with Gasteiger partial charge in [0.05, 0.1) is 13.1 Å². The van der Waals surface area contributed by atoms with Crippen LogP contribution in [-0.2, 0) is 15.0 Å². The van der Waals surface area contributed by atoms with Gasteiger partial charge in [0, 0.05) is 40.3 Å². The first-order valence-electron chi connectivity index (χ1n) is 8.65. The fourth-order valence-corrected chi connectivity index (χ4v) is 3.76. The van der Waals surface area contributed by atoms with Crippen molar-refractivity contribution in [1.29, 1.82) is 0 Å². The van der Waals surface area contributed by atoms with Crippen LogP contribution in [0.2, 0.25) is 0 Å². The summed E-state index contributed by atoms with van der Waals surface area (Å²) in [4.78, 5) is 14.0. The van der Waals surface area contributed by atoms with Gasteiger partial charge in [-0.15, -0.1) is 0 Å². The number of aryl methyl sites for hydroxylation is 1. The molecule has 1 aliphatic rings. The Hall–Kier alpha value is -1.68. The Labute approximate surface area is 155 Å². The molecule has 1 aromatic rings. The highest BCUT2D eigenvalue weighted by Gasteiger charge is 2.28. The molecule has 0 saturated carbocycles. The summed E-state index contributed by atoms with van der Waals surface area (Å²) in [6.07, 6.45) is 0. The molecule has 1 N–H and O–H groups in total. The van der Waals surface area contributed by atoms with Crippen molar-refractivity contribution in [2.24, 2.45) is 0 Å². The molecule has 0 radical (unpaired) electrons. The van der Waals surface area contributed by atoms with Crippen molar-refractivity contribution in [1.82, 2.24) is 18.8 Å². The third-order valence-corrected chi connectivity index (χ3v) is 6.11. The van der Waals surface area contributed by atoms with E-state index < -0.39 is 10.2 Å². The van der Waals surface area contributed by atoms with Gasteiger partial charge in [-0.1, -0.05) is 12.1 Å². The van der Waals surface area contributed by atoms with Crippen LogP contribution >= 0.6 is 0 Å². The van der Waals surface area contributed by atoms with E-state index in [-0.39, 0.29) is 12.5 Å². The van der Waals surface area contributed by atoms with Gasteiger partial charge in [-0.25, -0.2) is 0 Å². The highest BCUT2D eigenvalue weighted by atomic mass is 32.2. The Bertz CT molecular complexity index is 700. The van der Waals surface area contributed by atoms with E-state index in [2.05, 4.69) is 5.32 Å². The molecule has 2 rings (SSSR count). The Balaban J connectivity index is 1.65. The zero-order valence-electron chi connectivity index (χ0n) is 15.6. The van der Waals surface area contributed by atoms with Crippen molar-refractivity contribution >= 4 is 16.1 Å². The molecule has 26 heavy (non-hydrogen) atoms. The monoisotopic (exact) mass is 384 g/mol. The molecular formula is C17H28N4O4S. The highest BCUT2D eigenvalue weighted by Crippen LogP contribution is 2.12. The summed E-state index contributed by atoms with van der Waals surface area (Å²) >= 11 is 0. The largest absolute Gasteiger partial charge is 0.492 e. The Kier molecular flexibility index (Phi) is 7.39. The van der Waals surface area contributed by atoms with Crippen molar-refractivity contribution in [2.75, 3.05) is 60.0 Å². The van der Waals surface area contributed by atoms with E-state index in [0.29, 0.717) is 39.3 Å². The summed E-state index contributed by atoms with van der Waals surface area (Å²) in [7, 11) is -0.332. The number of carbonyl (C=O) groups is 1. The lowest BCUT2D eigenvalue weighted by molar-refractivity contribution is -0.122. The summed E-state index contributed by atoms with van der Waals surface area (Å²) in [5, 5.41) is 2.83. The normalized spacial score (nSPS) is 16.6. The van der Waals surface area contributed by atoms with Crippen molar-refractivity contribution in [3.05, 3.63) is 29.8 Å². The molecule has 0 atom stereocenters. The van der Waals surface area contributed by atoms with Crippen molar-refractivity contribution < 1.29 is 17.9 Å². The molecule has 8 nitrogen and oxygen atoms in total. The Morgan fingerprint density at radius 3 is 2.54 bits per heavy atom. The van der Waals surface area contributed by atoms with Gasteiger partial charge < -0.3 is 10.1 Å². The average molecular weight is 385 g/mol. The maximum atomic E-state index is 12.1. The summed E-state index contributed by atoms with van der Waals surface area (Å²) in [6, 6.07) is 7.76. The highest BCUT2D eigenvalue weighted by molar-refractivity contribution is 7.86. The van der Waals surface area contributed by atoms with E-state index in [9.17, 15) is 13.2 Å². The predicted octanol–water partition coefficient (Wildman–Crippen LogP) is -0.0860. The molecule has 0 bridgehead atoms. The number of benzene rings is 1. The second-order valence-electron chi connectivity index (χ2n) is 6.48. The minimum Gasteiger partial charge on any atom is -0.492 e. The number of rotatable bonds is 8. The molecule has 0 aromatic heterocycles. The van der Waals surface area contributed by atoms with Gasteiger partial charge in [-0.2, -0.15) is 17.0 Å². The fraction of sp³-hybridized carbons (Fsp3) is 0.588. The number of piperazine rings is 1. The molecule has 0 unspecified atom stereocenters. The summed E-state index contributed by atoms with van der Waals surface area (Å²) in [5.74, 6) is 0.708. The Morgan fingerprint density at radius 2 is 1.92 bits per heavy atom. The van der Waals surface area contributed by atoms with E-state index in [1.54, 1.807) is 0 Å². The standard InChI is InChI=1S/C17H28N4O4S/c1-15-5-4-6-16(13-15)25-12-7-18-17(22)14-20-8-10-21(11-9-20)26(23,24)19(2)3/h4-6,13H,7-12,14H2,1-3H3,(H,18,22). The number of hydrogen-bond acceptors (Lipinski definition) is 5. The lowest BCUT2D eigenvalue weighted by Gasteiger charge is -2.34. The molecular weight excluding hydrogens is 356 g/mol. The van der Waals surface area contributed by atoms with Crippen LogP contribution < -0.4 is 10.1 Å². The average Bonchev–Trinajstić information content (AvgIpc) is 2.59. The molecule has 1 amide bonds. The van der Waals surface area contributed by atoms with E-state index in [4.69, 9.17) is 4.74 Å². The minimum absolute atomic E-state index is 0.0817. The van der Waals surface area contributed by atoms with E-state index >= 15 is 0 Å². The smallest absolute Gasteiger partial charge is 0.281 e. The second-order valence-corrected chi connectivity index (χ2v) is 8.62. The first kappa shape index (κ1) is 20.6. The second kappa shape index (κ2) is 9.31. The van der Waals surface area contributed by atoms with Gasteiger partial charge in [0.15, 0.2) is 0 Å². The lowest BCUT2D eigenvalue weighted by Crippen LogP contribution is -2.53. The van der Waals surface area contributed by atoms with Crippen LogP contribution in [0.4, 0.5) is 0 Å². The molecule has 1 aromatic carbocycles. The topological polar surface area (TPSA) is 82.2 Å². The molecule has 9 heteroatoms. The molecule has 0 spiro atoms. The maximum absolute atomic E-state index is 12.1. The zero-order chi connectivity index (χ0) is 19.2. The number of hydrogen-bond donors (Lipinski definition) is 1. The van der Waals surface area contributed by atoms with Crippen LogP contribution in [0, 0.1) is 6.92 Å². The predicted molar refractivity (Wildman–Crippen MR) is 100 cm³/mol. The maximum Gasteiger partial charge on any atom is 0.281 e. The van der Waals surface area contributed by atoms with E-state index in [1.165, 1.54) is 22.7 Å². The molecule has 1 fully saturated rings. The van der Waals surface area contributed by atoms with Crippen LogP contribution in [0.1, 0.15) is 5.56 Å². The fourth-order valence-electron chi connectivity index (χ4n) is 2.67. The third kappa shape index (κ3) is 5.94. The van der Waals surface area contributed by atoms with Crippen LogP contribution in [-0.4, -0.2) is 87.8 Å². The van der Waals surface area contributed by atoms with Gasteiger partial charge in [0.25, 0.3) is 10.2 Å². The zero-order valence-corrected chi connectivity index (χ0v) is 16.5. The number of carbonyl (C=O) groups excluding carboxylic acids is 1. The van der Waals surface area contributed by atoms with E-state index in [0.717, 1.165) is 11.3 Å². The third-order valence-electron chi connectivity index (χ3n) is 4.17. The molecule has 1 aliphatic heterocycles. The molecule has 1 heterocycles. The van der Waals surface area contributed by atoms with Gasteiger partial charge in [0.1, 0.15) is 12.4 Å². The Morgan fingerprint density at radius 1 is 1.23 bits per heavy atom. The van der Waals surface area contributed by atoms with Gasteiger partial charge >= 0.3 is 0 Å². The molecule has 1 saturated heterocycles. The molecule has 146 valence electrons. The van der Waals surface area contributed by atoms with E-state index in [1.807, 2.05) is 36.1 Å². The number of nitrogens with zero attached hydrogens (tertiary/aromatic N) is 3. The first-order chi connectivity index (χ1) is 12.3. The number of ether oxygens (including phenoxy) is 1. The first-order valence-corrected chi connectivity index (χ1v) is 10.0. The summed E-state index contributed by atoms with van der Waals surface area (Å²) < 4.78 is 32.4. The van der Waals surface area contributed by atoms with Crippen molar-refractivity contribution in [3.63, 3.8) is 0 Å².